The van der Waals surface area contributed by atoms with Crippen LogP contribution in [0, 0.1) is 19.7 Å². The molecule has 0 fully saturated rings. The summed E-state index contributed by atoms with van der Waals surface area (Å²) in [4.78, 5) is 12.3. The van der Waals surface area contributed by atoms with Crippen LogP contribution in [0.4, 0.5) is 4.39 Å². The summed E-state index contributed by atoms with van der Waals surface area (Å²) in [5.74, 6) is -0.364. The highest BCUT2D eigenvalue weighted by Crippen LogP contribution is 2.26. The molecule has 5 heteroatoms. The fourth-order valence-electron chi connectivity index (χ4n) is 2.84. The van der Waals surface area contributed by atoms with E-state index in [2.05, 4.69) is 5.32 Å². The Kier molecular flexibility index (Phi) is 5.26. The standard InChI is InChI=1S/C21H22FNO3/c1-13-8-9-17-16(12-26-21(17)15(13)3)10-20(24)23-14(2)11-25-19-7-5-4-6-18(19)22/h4-9,12,14H,10-11H2,1-3H3,(H,23,24). The third-order valence-corrected chi connectivity index (χ3v) is 4.43. The lowest BCUT2D eigenvalue weighted by atomic mass is 10.0. The molecule has 1 unspecified atom stereocenters. The Labute approximate surface area is 152 Å². The second-order valence-electron chi connectivity index (χ2n) is 6.53. The minimum Gasteiger partial charge on any atom is -0.488 e. The number of ether oxygens (including phenoxy) is 1. The van der Waals surface area contributed by atoms with Gasteiger partial charge in [-0.2, -0.15) is 0 Å². The molecule has 4 nitrogen and oxygen atoms in total. The second kappa shape index (κ2) is 7.60. The summed E-state index contributed by atoms with van der Waals surface area (Å²) in [6, 6.07) is 9.97. The van der Waals surface area contributed by atoms with Gasteiger partial charge in [0.15, 0.2) is 11.6 Å². The first-order valence-corrected chi connectivity index (χ1v) is 8.58. The Morgan fingerprint density at radius 3 is 2.77 bits per heavy atom. The summed E-state index contributed by atoms with van der Waals surface area (Å²) < 4.78 is 24.6. The predicted octanol–water partition coefficient (Wildman–Crippen LogP) is 4.31. The monoisotopic (exact) mass is 355 g/mol. The van der Waals surface area contributed by atoms with Crippen LogP contribution in [0.15, 0.2) is 47.1 Å². The number of halogens is 1. The number of nitrogens with one attached hydrogen (secondary N) is 1. The number of carbonyl (C=O) groups is 1. The van der Waals surface area contributed by atoms with Gasteiger partial charge < -0.3 is 14.5 Å². The first kappa shape index (κ1) is 18.0. The van der Waals surface area contributed by atoms with Crippen LogP contribution in [0.3, 0.4) is 0 Å². The van der Waals surface area contributed by atoms with Gasteiger partial charge in [-0.15, -0.1) is 0 Å². The molecule has 0 saturated heterocycles. The Bertz CT molecular complexity index is 932. The van der Waals surface area contributed by atoms with E-state index in [1.807, 2.05) is 32.9 Å². The lowest BCUT2D eigenvalue weighted by molar-refractivity contribution is -0.121. The van der Waals surface area contributed by atoms with Crippen LogP contribution in [-0.2, 0) is 11.2 Å². The van der Waals surface area contributed by atoms with Gasteiger partial charge in [0, 0.05) is 10.9 Å². The van der Waals surface area contributed by atoms with E-state index >= 15 is 0 Å². The van der Waals surface area contributed by atoms with Crippen molar-refractivity contribution in [1.29, 1.82) is 0 Å². The fourth-order valence-corrected chi connectivity index (χ4v) is 2.84. The first-order valence-electron chi connectivity index (χ1n) is 8.58. The molecule has 26 heavy (non-hydrogen) atoms. The Balaban J connectivity index is 1.59. The Hall–Kier alpha value is -2.82. The van der Waals surface area contributed by atoms with Crippen molar-refractivity contribution >= 4 is 16.9 Å². The number of carbonyl (C=O) groups excluding carboxylic acids is 1. The van der Waals surface area contributed by atoms with Crippen molar-refractivity contribution in [1.82, 2.24) is 5.32 Å². The summed E-state index contributed by atoms with van der Waals surface area (Å²) in [6.45, 7) is 6.05. The zero-order valence-electron chi connectivity index (χ0n) is 15.1. The summed E-state index contributed by atoms with van der Waals surface area (Å²) in [5.41, 5.74) is 3.91. The van der Waals surface area contributed by atoms with E-state index in [0.29, 0.717) is 0 Å². The minimum absolute atomic E-state index is 0.129. The van der Waals surface area contributed by atoms with Crippen LogP contribution in [-0.4, -0.2) is 18.6 Å². The molecule has 1 atom stereocenters. The minimum atomic E-state index is -0.415. The largest absolute Gasteiger partial charge is 0.488 e. The third-order valence-electron chi connectivity index (χ3n) is 4.43. The van der Waals surface area contributed by atoms with Crippen molar-refractivity contribution in [2.75, 3.05) is 6.61 Å². The van der Waals surface area contributed by atoms with E-state index in [-0.39, 0.29) is 30.7 Å². The van der Waals surface area contributed by atoms with Crippen LogP contribution >= 0.6 is 0 Å². The smallest absolute Gasteiger partial charge is 0.224 e. The molecule has 3 aromatic rings. The third kappa shape index (κ3) is 3.87. The van der Waals surface area contributed by atoms with Crippen molar-refractivity contribution in [2.45, 2.75) is 33.2 Å². The van der Waals surface area contributed by atoms with Crippen molar-refractivity contribution in [2.24, 2.45) is 0 Å². The number of aryl methyl sites for hydroxylation is 2. The van der Waals surface area contributed by atoms with Crippen LogP contribution in [0.2, 0.25) is 0 Å². The van der Waals surface area contributed by atoms with Gasteiger partial charge in [0.1, 0.15) is 12.2 Å². The molecule has 136 valence electrons. The average Bonchev–Trinajstić information content (AvgIpc) is 3.00. The van der Waals surface area contributed by atoms with E-state index < -0.39 is 5.82 Å². The van der Waals surface area contributed by atoms with Crippen LogP contribution in [0.1, 0.15) is 23.6 Å². The topological polar surface area (TPSA) is 51.5 Å². The van der Waals surface area contributed by atoms with Crippen molar-refractivity contribution < 1.29 is 18.3 Å². The number of furan rings is 1. The molecular formula is C21H22FNO3. The molecule has 1 heterocycles. The van der Waals surface area contributed by atoms with Gasteiger partial charge in [-0.05, 0) is 44.0 Å². The highest BCUT2D eigenvalue weighted by Gasteiger charge is 2.15. The molecule has 2 aromatic carbocycles. The average molecular weight is 355 g/mol. The van der Waals surface area contributed by atoms with Crippen LogP contribution < -0.4 is 10.1 Å². The van der Waals surface area contributed by atoms with Gasteiger partial charge in [0.25, 0.3) is 0 Å². The molecule has 0 aliphatic heterocycles. The summed E-state index contributed by atoms with van der Waals surface area (Å²) in [5, 5.41) is 3.83. The van der Waals surface area contributed by atoms with Gasteiger partial charge in [0.05, 0.1) is 18.7 Å². The number of fused-ring (bicyclic) bond motifs is 1. The molecule has 0 bridgehead atoms. The zero-order chi connectivity index (χ0) is 18.7. The lowest BCUT2D eigenvalue weighted by Crippen LogP contribution is -2.37. The maximum Gasteiger partial charge on any atom is 0.224 e. The molecular weight excluding hydrogens is 333 g/mol. The number of amides is 1. The lowest BCUT2D eigenvalue weighted by Gasteiger charge is -2.15. The fraction of sp³-hybridized carbons (Fsp3) is 0.286. The van der Waals surface area contributed by atoms with Gasteiger partial charge in [-0.1, -0.05) is 24.3 Å². The van der Waals surface area contributed by atoms with Crippen LogP contribution in [0.25, 0.3) is 11.0 Å². The number of hydrogen-bond donors (Lipinski definition) is 1. The SMILES string of the molecule is Cc1ccc2c(CC(=O)NC(C)COc3ccccc3F)coc2c1C. The van der Waals surface area contributed by atoms with Crippen molar-refractivity contribution in [3.63, 3.8) is 0 Å². The molecule has 3 rings (SSSR count). The van der Waals surface area contributed by atoms with E-state index in [1.165, 1.54) is 6.07 Å². The Morgan fingerprint density at radius 1 is 1.23 bits per heavy atom. The van der Waals surface area contributed by atoms with Gasteiger partial charge >= 0.3 is 0 Å². The molecule has 0 radical (unpaired) electrons. The van der Waals surface area contributed by atoms with Crippen LogP contribution in [0.5, 0.6) is 5.75 Å². The maximum absolute atomic E-state index is 13.5. The van der Waals surface area contributed by atoms with Crippen molar-refractivity contribution in [3.8, 4) is 5.75 Å². The van der Waals surface area contributed by atoms with Crippen molar-refractivity contribution in [3.05, 3.63) is 65.2 Å². The Morgan fingerprint density at radius 2 is 2.00 bits per heavy atom. The molecule has 1 amide bonds. The maximum atomic E-state index is 13.5. The summed E-state index contributed by atoms with van der Waals surface area (Å²) in [7, 11) is 0. The number of rotatable bonds is 6. The highest BCUT2D eigenvalue weighted by molar-refractivity contribution is 5.89. The second-order valence-corrected chi connectivity index (χ2v) is 6.53. The first-order chi connectivity index (χ1) is 12.5. The molecule has 0 saturated carbocycles. The van der Waals surface area contributed by atoms with Gasteiger partial charge in [-0.25, -0.2) is 4.39 Å². The van der Waals surface area contributed by atoms with E-state index in [0.717, 1.165) is 27.7 Å². The van der Waals surface area contributed by atoms with Gasteiger partial charge in [-0.3, -0.25) is 4.79 Å². The van der Waals surface area contributed by atoms with E-state index in [1.54, 1.807) is 24.5 Å². The molecule has 0 aliphatic rings. The number of hydrogen-bond acceptors (Lipinski definition) is 3. The quantitative estimate of drug-likeness (QED) is 0.717. The van der Waals surface area contributed by atoms with E-state index in [9.17, 15) is 9.18 Å². The predicted molar refractivity (Wildman–Crippen MR) is 98.9 cm³/mol. The molecule has 0 aliphatic carbocycles. The van der Waals surface area contributed by atoms with Gasteiger partial charge in [0.2, 0.25) is 5.91 Å². The zero-order valence-corrected chi connectivity index (χ0v) is 15.1. The van der Waals surface area contributed by atoms with E-state index in [4.69, 9.17) is 9.15 Å². The number of benzene rings is 2. The molecule has 1 N–H and O–H groups in total. The highest BCUT2D eigenvalue weighted by atomic mass is 19.1. The summed E-state index contributed by atoms with van der Waals surface area (Å²) in [6.07, 6.45) is 1.86. The summed E-state index contributed by atoms with van der Waals surface area (Å²) >= 11 is 0. The number of para-hydroxylation sites is 1. The molecule has 0 spiro atoms. The normalized spacial score (nSPS) is 12.2. The molecule has 1 aromatic heterocycles.